The molecular formula is C15H22FN. The predicted octanol–water partition coefficient (Wildman–Crippen LogP) is 3.44. The third kappa shape index (κ3) is 2.86. The molecule has 0 amide bonds. The summed E-state index contributed by atoms with van der Waals surface area (Å²) in [4.78, 5) is 0. The lowest BCUT2D eigenvalue weighted by Crippen LogP contribution is -2.34. The van der Waals surface area contributed by atoms with Crippen LogP contribution in [0.1, 0.15) is 37.3 Å². The van der Waals surface area contributed by atoms with E-state index in [1.807, 2.05) is 13.0 Å². The van der Waals surface area contributed by atoms with Crippen molar-refractivity contribution in [1.29, 1.82) is 0 Å². The molecule has 0 spiro atoms. The van der Waals surface area contributed by atoms with Crippen molar-refractivity contribution in [3.05, 3.63) is 35.1 Å². The van der Waals surface area contributed by atoms with Crippen molar-refractivity contribution in [2.75, 3.05) is 0 Å². The van der Waals surface area contributed by atoms with E-state index in [-0.39, 0.29) is 11.9 Å². The van der Waals surface area contributed by atoms with Crippen LogP contribution in [-0.2, 0) is 6.42 Å². The lowest BCUT2D eigenvalue weighted by atomic mass is 9.86. The van der Waals surface area contributed by atoms with Gasteiger partial charge in [0.15, 0.2) is 0 Å². The van der Waals surface area contributed by atoms with E-state index < -0.39 is 0 Å². The summed E-state index contributed by atoms with van der Waals surface area (Å²) < 4.78 is 13.2. The summed E-state index contributed by atoms with van der Waals surface area (Å²) in [5.41, 5.74) is 8.51. The van der Waals surface area contributed by atoms with Crippen LogP contribution in [0.2, 0.25) is 0 Å². The van der Waals surface area contributed by atoms with Crippen LogP contribution >= 0.6 is 0 Å². The van der Waals surface area contributed by atoms with Gasteiger partial charge >= 0.3 is 0 Å². The quantitative estimate of drug-likeness (QED) is 0.853. The Morgan fingerprint density at radius 1 is 1.41 bits per heavy atom. The van der Waals surface area contributed by atoms with Crippen molar-refractivity contribution in [3.8, 4) is 0 Å². The predicted molar refractivity (Wildman–Crippen MR) is 69.3 cm³/mol. The fourth-order valence-electron chi connectivity index (χ4n) is 3.08. The monoisotopic (exact) mass is 235 g/mol. The molecule has 1 aliphatic rings. The Kier molecular flexibility index (Phi) is 3.82. The molecule has 94 valence electrons. The van der Waals surface area contributed by atoms with Crippen molar-refractivity contribution in [3.63, 3.8) is 0 Å². The molecule has 2 heteroatoms. The highest BCUT2D eigenvalue weighted by molar-refractivity contribution is 5.27. The summed E-state index contributed by atoms with van der Waals surface area (Å²) in [5, 5.41) is 0. The molecule has 0 aliphatic heterocycles. The molecule has 1 fully saturated rings. The van der Waals surface area contributed by atoms with E-state index in [1.54, 1.807) is 6.07 Å². The number of hydrogen-bond donors (Lipinski definition) is 1. The van der Waals surface area contributed by atoms with Crippen molar-refractivity contribution < 1.29 is 4.39 Å². The molecule has 0 bridgehead atoms. The Balaban J connectivity index is 2.07. The fraction of sp³-hybridized carbons (Fsp3) is 0.600. The van der Waals surface area contributed by atoms with E-state index >= 15 is 0 Å². The van der Waals surface area contributed by atoms with Crippen LogP contribution in [0.3, 0.4) is 0 Å². The molecule has 17 heavy (non-hydrogen) atoms. The van der Waals surface area contributed by atoms with Gasteiger partial charge in [-0.2, -0.15) is 0 Å². The molecule has 3 atom stereocenters. The van der Waals surface area contributed by atoms with Gasteiger partial charge in [-0.3, -0.25) is 0 Å². The molecule has 2 rings (SSSR count). The van der Waals surface area contributed by atoms with Crippen LogP contribution in [0.5, 0.6) is 0 Å². The number of halogens is 1. The highest BCUT2D eigenvalue weighted by Gasteiger charge is 2.28. The first-order chi connectivity index (χ1) is 8.08. The van der Waals surface area contributed by atoms with Crippen LogP contribution in [0.4, 0.5) is 4.39 Å². The minimum absolute atomic E-state index is 0.155. The van der Waals surface area contributed by atoms with Crippen LogP contribution in [0, 0.1) is 24.6 Å². The van der Waals surface area contributed by atoms with E-state index in [9.17, 15) is 4.39 Å². The summed E-state index contributed by atoms with van der Waals surface area (Å²) >= 11 is 0. The molecule has 1 aromatic rings. The van der Waals surface area contributed by atoms with Gasteiger partial charge in [-0.15, -0.1) is 0 Å². The van der Waals surface area contributed by atoms with Gasteiger partial charge in [-0.1, -0.05) is 25.8 Å². The van der Waals surface area contributed by atoms with Gasteiger partial charge in [0.05, 0.1) is 0 Å². The van der Waals surface area contributed by atoms with Gasteiger partial charge in [-0.05, 0) is 54.9 Å². The van der Waals surface area contributed by atoms with Crippen LogP contribution in [0.15, 0.2) is 18.2 Å². The van der Waals surface area contributed by atoms with Crippen LogP contribution in [0.25, 0.3) is 0 Å². The largest absolute Gasteiger partial charge is 0.327 e. The Labute approximate surface area is 103 Å². The van der Waals surface area contributed by atoms with Crippen LogP contribution < -0.4 is 5.73 Å². The van der Waals surface area contributed by atoms with Crippen molar-refractivity contribution in [2.45, 2.75) is 45.6 Å². The first kappa shape index (κ1) is 12.6. The number of aryl methyl sites for hydroxylation is 1. The normalized spacial score (nSPS) is 26.1. The number of rotatable bonds is 3. The maximum atomic E-state index is 13.2. The molecule has 1 aliphatic carbocycles. The smallest absolute Gasteiger partial charge is 0.123 e. The fourth-order valence-corrected chi connectivity index (χ4v) is 3.08. The standard InChI is InChI=1S/C15H22FN/c1-10-6-7-13(16)8-12(10)9-15(17)14-5-3-4-11(14)2/h6-8,11,14-15H,3-5,9,17H2,1-2H3. The second kappa shape index (κ2) is 5.18. The van der Waals surface area contributed by atoms with E-state index in [0.717, 1.165) is 23.5 Å². The third-order valence-electron chi connectivity index (χ3n) is 4.24. The Bertz CT molecular complexity index is 389. The SMILES string of the molecule is Cc1ccc(F)cc1CC(N)C1CCCC1C. The molecule has 1 aromatic carbocycles. The van der Waals surface area contributed by atoms with Crippen molar-refractivity contribution in [1.82, 2.24) is 0 Å². The Morgan fingerprint density at radius 2 is 2.18 bits per heavy atom. The van der Waals surface area contributed by atoms with Gasteiger partial charge < -0.3 is 5.73 Å². The average molecular weight is 235 g/mol. The highest BCUT2D eigenvalue weighted by atomic mass is 19.1. The Hall–Kier alpha value is -0.890. The zero-order valence-electron chi connectivity index (χ0n) is 10.7. The minimum atomic E-state index is -0.155. The average Bonchev–Trinajstić information content (AvgIpc) is 2.70. The summed E-state index contributed by atoms with van der Waals surface area (Å²) in [6, 6.07) is 5.17. The number of benzene rings is 1. The third-order valence-corrected chi connectivity index (χ3v) is 4.24. The molecule has 0 aromatic heterocycles. The van der Waals surface area contributed by atoms with E-state index in [1.165, 1.54) is 25.3 Å². The summed E-state index contributed by atoms with van der Waals surface area (Å²) in [6.07, 6.45) is 4.62. The van der Waals surface area contributed by atoms with E-state index in [0.29, 0.717) is 5.92 Å². The minimum Gasteiger partial charge on any atom is -0.327 e. The first-order valence-electron chi connectivity index (χ1n) is 6.58. The van der Waals surface area contributed by atoms with Gasteiger partial charge in [0.1, 0.15) is 5.82 Å². The molecule has 0 saturated heterocycles. The molecule has 2 N–H and O–H groups in total. The van der Waals surface area contributed by atoms with E-state index in [2.05, 4.69) is 6.92 Å². The maximum Gasteiger partial charge on any atom is 0.123 e. The molecule has 1 saturated carbocycles. The second-order valence-corrected chi connectivity index (χ2v) is 5.51. The zero-order chi connectivity index (χ0) is 12.4. The van der Waals surface area contributed by atoms with E-state index in [4.69, 9.17) is 5.73 Å². The second-order valence-electron chi connectivity index (χ2n) is 5.51. The Morgan fingerprint density at radius 3 is 2.82 bits per heavy atom. The highest BCUT2D eigenvalue weighted by Crippen LogP contribution is 2.34. The topological polar surface area (TPSA) is 26.0 Å². The number of nitrogens with two attached hydrogens (primary N) is 1. The summed E-state index contributed by atoms with van der Waals surface area (Å²) in [5.74, 6) is 1.17. The van der Waals surface area contributed by atoms with Crippen LogP contribution in [-0.4, -0.2) is 6.04 Å². The lowest BCUT2D eigenvalue weighted by Gasteiger charge is -2.24. The van der Waals surface area contributed by atoms with Crippen molar-refractivity contribution in [2.24, 2.45) is 17.6 Å². The summed E-state index contributed by atoms with van der Waals surface area (Å²) in [6.45, 7) is 4.32. The summed E-state index contributed by atoms with van der Waals surface area (Å²) in [7, 11) is 0. The first-order valence-corrected chi connectivity index (χ1v) is 6.58. The van der Waals surface area contributed by atoms with Gasteiger partial charge in [-0.25, -0.2) is 4.39 Å². The molecule has 1 nitrogen and oxygen atoms in total. The lowest BCUT2D eigenvalue weighted by molar-refractivity contribution is 0.343. The van der Waals surface area contributed by atoms with Gasteiger partial charge in [0, 0.05) is 6.04 Å². The van der Waals surface area contributed by atoms with Gasteiger partial charge in [0.2, 0.25) is 0 Å². The van der Waals surface area contributed by atoms with Crippen molar-refractivity contribution >= 4 is 0 Å². The molecule has 0 radical (unpaired) electrons. The van der Waals surface area contributed by atoms with Gasteiger partial charge in [0.25, 0.3) is 0 Å². The zero-order valence-corrected chi connectivity index (χ0v) is 10.7. The maximum absolute atomic E-state index is 13.2. The molecular weight excluding hydrogens is 213 g/mol. The number of hydrogen-bond acceptors (Lipinski definition) is 1. The molecule has 3 unspecified atom stereocenters. The molecule has 0 heterocycles.